The maximum Gasteiger partial charge on any atom is 0.251 e. The minimum atomic E-state index is -0.336. The fourth-order valence-corrected chi connectivity index (χ4v) is 3.24. The predicted octanol–water partition coefficient (Wildman–Crippen LogP) is 2.37. The Labute approximate surface area is 149 Å². The zero-order chi connectivity index (χ0) is 18.4. The molecule has 25 heavy (non-hydrogen) atoms. The van der Waals surface area contributed by atoms with Gasteiger partial charge in [-0.3, -0.25) is 9.59 Å². The van der Waals surface area contributed by atoms with E-state index in [1.807, 2.05) is 0 Å². The summed E-state index contributed by atoms with van der Waals surface area (Å²) in [4.78, 5) is 24.5. The first-order valence-corrected chi connectivity index (χ1v) is 8.75. The van der Waals surface area contributed by atoms with Crippen molar-refractivity contribution in [1.82, 2.24) is 10.6 Å². The van der Waals surface area contributed by atoms with Crippen LogP contribution < -0.4 is 20.1 Å². The molecule has 1 aliphatic rings. The van der Waals surface area contributed by atoms with Gasteiger partial charge in [0.25, 0.3) is 5.91 Å². The molecule has 6 nitrogen and oxygen atoms in total. The molecule has 0 saturated heterocycles. The molecule has 1 aliphatic carbocycles. The largest absolute Gasteiger partial charge is 0.497 e. The Bertz CT molecular complexity index is 595. The maximum atomic E-state index is 12.3. The highest BCUT2D eigenvalue weighted by atomic mass is 16.5. The van der Waals surface area contributed by atoms with Crippen LogP contribution in [0.5, 0.6) is 11.5 Å². The standard InChI is InChI=1S/C19H28N2O4/c1-12-6-5-7-17(13(12)2)21-18(22)11-20-19(23)14-8-15(24-3)10-16(9-14)25-4/h8-10,12-13,17H,5-7,11H2,1-4H3,(H,20,23)(H,21,22)/t12-,13+,17+/m0/s1. The van der Waals surface area contributed by atoms with Crippen molar-refractivity contribution in [2.75, 3.05) is 20.8 Å². The summed E-state index contributed by atoms with van der Waals surface area (Å²) in [6.45, 7) is 4.35. The zero-order valence-electron chi connectivity index (χ0n) is 15.4. The molecule has 6 heteroatoms. The third kappa shape index (κ3) is 5.11. The molecule has 2 amide bonds. The number of benzene rings is 1. The topological polar surface area (TPSA) is 76.7 Å². The lowest BCUT2D eigenvalue weighted by molar-refractivity contribution is -0.121. The summed E-state index contributed by atoms with van der Waals surface area (Å²) < 4.78 is 10.3. The maximum absolute atomic E-state index is 12.3. The summed E-state index contributed by atoms with van der Waals surface area (Å²) in [5, 5.41) is 5.70. The molecule has 1 fully saturated rings. The van der Waals surface area contributed by atoms with E-state index in [-0.39, 0.29) is 24.4 Å². The van der Waals surface area contributed by atoms with Gasteiger partial charge in [0, 0.05) is 17.7 Å². The second-order valence-electron chi connectivity index (χ2n) is 6.73. The molecular weight excluding hydrogens is 320 g/mol. The summed E-state index contributed by atoms with van der Waals surface area (Å²) in [5.74, 6) is 1.62. The number of carbonyl (C=O) groups excluding carboxylic acids is 2. The number of methoxy groups -OCH3 is 2. The molecule has 1 saturated carbocycles. The molecule has 0 unspecified atom stereocenters. The Morgan fingerprint density at radius 1 is 1.08 bits per heavy atom. The van der Waals surface area contributed by atoms with Crippen molar-refractivity contribution in [2.45, 2.75) is 39.2 Å². The van der Waals surface area contributed by atoms with E-state index in [4.69, 9.17) is 9.47 Å². The number of nitrogens with one attached hydrogen (secondary N) is 2. The minimum Gasteiger partial charge on any atom is -0.497 e. The summed E-state index contributed by atoms with van der Waals surface area (Å²) >= 11 is 0. The average molecular weight is 348 g/mol. The number of hydrogen-bond acceptors (Lipinski definition) is 4. The third-order valence-electron chi connectivity index (χ3n) is 5.08. The lowest BCUT2D eigenvalue weighted by Crippen LogP contribution is -2.47. The number of ether oxygens (including phenoxy) is 2. The molecule has 1 aromatic rings. The second kappa shape index (κ2) is 8.74. The van der Waals surface area contributed by atoms with E-state index in [1.54, 1.807) is 18.2 Å². The van der Waals surface area contributed by atoms with Gasteiger partial charge in [0.05, 0.1) is 20.8 Å². The van der Waals surface area contributed by atoms with Gasteiger partial charge in [-0.1, -0.05) is 26.7 Å². The normalized spacial score (nSPS) is 22.8. The van der Waals surface area contributed by atoms with Crippen molar-refractivity contribution < 1.29 is 19.1 Å². The highest BCUT2D eigenvalue weighted by Crippen LogP contribution is 2.29. The molecule has 0 aliphatic heterocycles. The smallest absolute Gasteiger partial charge is 0.251 e. The van der Waals surface area contributed by atoms with Crippen LogP contribution in [0, 0.1) is 11.8 Å². The Hall–Kier alpha value is -2.24. The van der Waals surface area contributed by atoms with Crippen LogP contribution in [0.1, 0.15) is 43.5 Å². The number of rotatable bonds is 6. The molecule has 2 rings (SSSR count). The van der Waals surface area contributed by atoms with Crippen LogP contribution in [0.15, 0.2) is 18.2 Å². The predicted molar refractivity (Wildman–Crippen MR) is 96.0 cm³/mol. The van der Waals surface area contributed by atoms with Crippen molar-refractivity contribution >= 4 is 11.8 Å². The van der Waals surface area contributed by atoms with Crippen LogP contribution in [0.25, 0.3) is 0 Å². The Morgan fingerprint density at radius 3 is 2.32 bits per heavy atom. The Kier molecular flexibility index (Phi) is 6.67. The monoisotopic (exact) mass is 348 g/mol. The fourth-order valence-electron chi connectivity index (χ4n) is 3.24. The number of amides is 2. The van der Waals surface area contributed by atoms with Crippen molar-refractivity contribution in [1.29, 1.82) is 0 Å². The summed E-state index contributed by atoms with van der Waals surface area (Å²) in [7, 11) is 3.05. The molecule has 0 heterocycles. The molecule has 0 aromatic heterocycles. The second-order valence-corrected chi connectivity index (χ2v) is 6.73. The van der Waals surface area contributed by atoms with E-state index in [1.165, 1.54) is 20.6 Å². The third-order valence-corrected chi connectivity index (χ3v) is 5.08. The fraction of sp³-hybridized carbons (Fsp3) is 0.579. The van der Waals surface area contributed by atoms with E-state index in [0.717, 1.165) is 12.8 Å². The van der Waals surface area contributed by atoms with E-state index in [9.17, 15) is 9.59 Å². The van der Waals surface area contributed by atoms with Gasteiger partial charge in [0.2, 0.25) is 5.91 Å². The van der Waals surface area contributed by atoms with Gasteiger partial charge < -0.3 is 20.1 Å². The number of hydrogen-bond donors (Lipinski definition) is 2. The molecule has 0 bridgehead atoms. The van der Waals surface area contributed by atoms with Gasteiger partial charge in [-0.15, -0.1) is 0 Å². The molecular formula is C19H28N2O4. The van der Waals surface area contributed by atoms with Gasteiger partial charge in [0.15, 0.2) is 0 Å². The summed E-state index contributed by atoms with van der Waals surface area (Å²) in [6, 6.07) is 5.10. The van der Waals surface area contributed by atoms with Crippen molar-refractivity contribution in [3.8, 4) is 11.5 Å². The van der Waals surface area contributed by atoms with E-state index in [0.29, 0.717) is 28.9 Å². The van der Waals surface area contributed by atoms with Gasteiger partial charge in [-0.25, -0.2) is 0 Å². The van der Waals surface area contributed by atoms with Gasteiger partial charge in [-0.05, 0) is 30.4 Å². The average Bonchev–Trinajstić information content (AvgIpc) is 2.63. The van der Waals surface area contributed by atoms with Crippen molar-refractivity contribution in [2.24, 2.45) is 11.8 Å². The van der Waals surface area contributed by atoms with E-state index in [2.05, 4.69) is 24.5 Å². The van der Waals surface area contributed by atoms with Crippen LogP contribution in [-0.4, -0.2) is 38.6 Å². The van der Waals surface area contributed by atoms with Crippen LogP contribution in [0.3, 0.4) is 0 Å². The van der Waals surface area contributed by atoms with E-state index < -0.39 is 0 Å². The summed E-state index contributed by atoms with van der Waals surface area (Å²) in [6.07, 6.45) is 3.34. The summed E-state index contributed by atoms with van der Waals surface area (Å²) in [5.41, 5.74) is 0.392. The van der Waals surface area contributed by atoms with Gasteiger partial charge >= 0.3 is 0 Å². The van der Waals surface area contributed by atoms with Gasteiger partial charge in [-0.2, -0.15) is 0 Å². The lowest BCUT2D eigenvalue weighted by Gasteiger charge is -2.34. The van der Waals surface area contributed by atoms with Gasteiger partial charge in [0.1, 0.15) is 11.5 Å². The highest BCUT2D eigenvalue weighted by Gasteiger charge is 2.28. The Balaban J connectivity index is 1.90. The molecule has 1 aromatic carbocycles. The lowest BCUT2D eigenvalue weighted by atomic mass is 9.78. The minimum absolute atomic E-state index is 0.0457. The van der Waals surface area contributed by atoms with Crippen LogP contribution in [-0.2, 0) is 4.79 Å². The first kappa shape index (κ1) is 19.1. The van der Waals surface area contributed by atoms with Crippen LogP contribution in [0.2, 0.25) is 0 Å². The quantitative estimate of drug-likeness (QED) is 0.827. The zero-order valence-corrected chi connectivity index (χ0v) is 15.4. The highest BCUT2D eigenvalue weighted by molar-refractivity contribution is 5.97. The van der Waals surface area contributed by atoms with E-state index >= 15 is 0 Å². The molecule has 3 atom stereocenters. The SMILES string of the molecule is COc1cc(OC)cc(C(=O)NCC(=O)N[C@@H]2CCC[C@H](C)[C@H]2C)c1. The molecule has 138 valence electrons. The molecule has 0 radical (unpaired) electrons. The first-order valence-electron chi connectivity index (χ1n) is 8.75. The van der Waals surface area contributed by atoms with Crippen LogP contribution in [0.4, 0.5) is 0 Å². The molecule has 0 spiro atoms. The molecule has 2 N–H and O–H groups in total. The van der Waals surface area contributed by atoms with Crippen molar-refractivity contribution in [3.63, 3.8) is 0 Å². The van der Waals surface area contributed by atoms with Crippen LogP contribution >= 0.6 is 0 Å². The first-order chi connectivity index (χ1) is 11.9. The Morgan fingerprint density at radius 2 is 1.72 bits per heavy atom. The number of carbonyl (C=O) groups is 2. The van der Waals surface area contributed by atoms with Crippen molar-refractivity contribution in [3.05, 3.63) is 23.8 Å².